The average Bonchev–Trinajstić information content (AvgIpc) is 3.15. The first-order valence-electron chi connectivity index (χ1n) is 10.4. The molecule has 4 aromatic rings. The number of nitrogens with two attached hydrogens (primary N) is 1. The zero-order valence-electron chi connectivity index (χ0n) is 17.5. The molecule has 32 heavy (non-hydrogen) atoms. The van der Waals surface area contributed by atoms with Crippen LogP contribution in [0.4, 0.5) is 10.2 Å². The number of aromatic nitrogens is 4. The lowest BCUT2D eigenvalue weighted by atomic mass is 10.0. The van der Waals surface area contributed by atoms with Crippen molar-refractivity contribution in [1.29, 1.82) is 0 Å². The standard InChI is InChI=1S/C23H23FIN6O/c1-31(25)12-11-19(18(24)13-31)30-23-20(22(26)27-14-28-23)21(29-30)15-7-9-17(10-8-15)32-16-5-3-2-4-6-16/h2-10,14,18-19H,11-13H2,1H3,(H2,26,27,28)/q+1/t18-,19-,31?/m1/s1. The number of ether oxygens (including phenoxy) is 1. The highest BCUT2D eigenvalue weighted by Gasteiger charge is 2.39. The van der Waals surface area contributed by atoms with Gasteiger partial charge in [0.05, 0.1) is 25.0 Å². The lowest BCUT2D eigenvalue weighted by molar-refractivity contribution is -0.742. The van der Waals surface area contributed by atoms with Crippen LogP contribution in [-0.4, -0.2) is 48.8 Å². The molecule has 0 amide bonds. The Labute approximate surface area is 199 Å². The van der Waals surface area contributed by atoms with Gasteiger partial charge in [-0.3, -0.25) is 2.70 Å². The zero-order chi connectivity index (χ0) is 22.3. The fraction of sp³-hybridized carbons (Fsp3) is 0.261. The maximum absolute atomic E-state index is 15.2. The summed E-state index contributed by atoms with van der Waals surface area (Å²) in [5.74, 6) is 1.81. The summed E-state index contributed by atoms with van der Waals surface area (Å²) in [6.07, 6.45) is 1.05. The summed E-state index contributed by atoms with van der Waals surface area (Å²) in [6.45, 7) is 1.28. The minimum atomic E-state index is -1.03. The Hall–Kier alpha value is -2.79. The zero-order valence-corrected chi connectivity index (χ0v) is 19.7. The van der Waals surface area contributed by atoms with Crippen LogP contribution in [0.5, 0.6) is 11.5 Å². The van der Waals surface area contributed by atoms with Gasteiger partial charge in [0.2, 0.25) is 22.9 Å². The van der Waals surface area contributed by atoms with E-state index in [0.717, 1.165) is 17.9 Å². The molecule has 9 heteroatoms. The van der Waals surface area contributed by atoms with E-state index in [1.54, 1.807) is 4.68 Å². The minimum Gasteiger partial charge on any atom is -0.457 e. The van der Waals surface area contributed by atoms with E-state index >= 15 is 4.39 Å². The Kier molecular flexibility index (Phi) is 5.46. The van der Waals surface area contributed by atoms with Crippen LogP contribution in [0.2, 0.25) is 0 Å². The molecule has 1 saturated heterocycles. The highest BCUT2D eigenvalue weighted by atomic mass is 127. The van der Waals surface area contributed by atoms with Gasteiger partial charge >= 0.3 is 0 Å². The van der Waals surface area contributed by atoms with Crippen LogP contribution in [0.3, 0.4) is 0 Å². The van der Waals surface area contributed by atoms with Gasteiger partial charge in [-0.25, -0.2) is 19.0 Å². The molecule has 7 nitrogen and oxygen atoms in total. The Morgan fingerprint density at radius 1 is 1.09 bits per heavy atom. The molecule has 1 aliphatic rings. The van der Waals surface area contributed by atoms with Crippen molar-refractivity contribution in [3.8, 4) is 22.8 Å². The lowest BCUT2D eigenvalue weighted by Crippen LogP contribution is -2.48. The maximum atomic E-state index is 15.2. The van der Waals surface area contributed by atoms with E-state index in [1.807, 2.05) is 61.6 Å². The third-order valence-corrected chi connectivity index (χ3v) is 6.68. The molecule has 2 aromatic carbocycles. The van der Waals surface area contributed by atoms with Gasteiger partial charge in [0, 0.05) is 12.0 Å². The van der Waals surface area contributed by atoms with Crippen molar-refractivity contribution in [3.05, 3.63) is 60.9 Å². The molecule has 5 rings (SSSR count). The normalized spacial score (nSPS) is 23.3. The smallest absolute Gasteiger partial charge is 0.248 e. The summed E-state index contributed by atoms with van der Waals surface area (Å²) >= 11 is 2.29. The molecule has 1 aliphatic heterocycles. The third kappa shape index (κ3) is 4.02. The Morgan fingerprint density at radius 2 is 1.81 bits per heavy atom. The predicted octanol–water partition coefficient (Wildman–Crippen LogP) is 4.95. The van der Waals surface area contributed by atoms with Gasteiger partial charge in [0.25, 0.3) is 0 Å². The van der Waals surface area contributed by atoms with Crippen molar-refractivity contribution in [2.45, 2.75) is 18.6 Å². The number of alkyl halides is 1. The molecule has 3 heterocycles. The van der Waals surface area contributed by atoms with Gasteiger partial charge in [-0.05, 0) is 36.4 Å². The summed E-state index contributed by atoms with van der Waals surface area (Å²) in [5, 5.41) is 5.45. The number of rotatable bonds is 4. The fourth-order valence-electron chi connectivity index (χ4n) is 4.17. The second-order valence-electron chi connectivity index (χ2n) is 8.23. The van der Waals surface area contributed by atoms with Gasteiger partial charge in [-0.15, -0.1) is 0 Å². The molecule has 2 N–H and O–H groups in total. The second-order valence-corrected chi connectivity index (χ2v) is 10.6. The van der Waals surface area contributed by atoms with Crippen LogP contribution in [0, 0.1) is 0 Å². The second kappa shape index (κ2) is 8.28. The maximum Gasteiger partial charge on any atom is 0.248 e. The molecule has 0 aliphatic carbocycles. The Morgan fingerprint density at radius 3 is 2.53 bits per heavy atom. The van der Waals surface area contributed by atoms with Crippen molar-refractivity contribution in [2.24, 2.45) is 0 Å². The summed E-state index contributed by atoms with van der Waals surface area (Å²) in [4.78, 5) is 8.58. The molecule has 3 atom stereocenters. The van der Waals surface area contributed by atoms with Crippen molar-refractivity contribution >= 4 is 39.7 Å². The van der Waals surface area contributed by atoms with E-state index in [2.05, 4.69) is 32.8 Å². The number of halogens is 2. The van der Waals surface area contributed by atoms with Crippen molar-refractivity contribution in [1.82, 2.24) is 19.7 Å². The highest BCUT2D eigenvalue weighted by molar-refractivity contribution is 14.1. The van der Waals surface area contributed by atoms with Crippen LogP contribution < -0.4 is 10.5 Å². The number of benzene rings is 2. The number of para-hydroxylation sites is 1. The van der Waals surface area contributed by atoms with Gasteiger partial charge in [0.1, 0.15) is 35.9 Å². The molecule has 164 valence electrons. The largest absolute Gasteiger partial charge is 0.457 e. The van der Waals surface area contributed by atoms with E-state index in [-0.39, 0.29) is 6.04 Å². The molecular weight excluding hydrogens is 522 g/mol. The van der Waals surface area contributed by atoms with Gasteiger partial charge in [0.15, 0.2) is 11.8 Å². The highest BCUT2D eigenvalue weighted by Crippen LogP contribution is 2.37. The van der Waals surface area contributed by atoms with E-state index in [4.69, 9.17) is 15.6 Å². The number of hydrogen-bond acceptors (Lipinski definition) is 5. The number of anilines is 1. The molecule has 1 fully saturated rings. The fourth-order valence-corrected chi connectivity index (χ4v) is 4.82. The van der Waals surface area contributed by atoms with Crippen LogP contribution >= 0.6 is 22.9 Å². The Bertz CT molecular complexity index is 1240. The Balaban J connectivity index is 1.52. The first kappa shape index (κ1) is 21.1. The van der Waals surface area contributed by atoms with Gasteiger partial charge in [-0.2, -0.15) is 5.10 Å². The number of piperidine rings is 1. The van der Waals surface area contributed by atoms with Crippen LogP contribution in [-0.2, 0) is 0 Å². The number of nitrogens with zero attached hydrogens (tertiary/aromatic N) is 5. The number of fused-ring (bicyclic) bond motifs is 1. The third-order valence-electron chi connectivity index (χ3n) is 5.80. The van der Waals surface area contributed by atoms with Gasteiger partial charge < -0.3 is 10.5 Å². The van der Waals surface area contributed by atoms with Crippen LogP contribution in [0.25, 0.3) is 22.3 Å². The predicted molar refractivity (Wildman–Crippen MR) is 130 cm³/mol. The number of hydrogen-bond donors (Lipinski definition) is 1. The molecule has 0 spiro atoms. The summed E-state index contributed by atoms with van der Waals surface area (Å²) in [7, 11) is 2.04. The number of quaternary nitrogens is 1. The SMILES string of the molecule is C[N+]1(I)CC[C@@H](n2nc(-c3ccc(Oc4ccccc4)cc3)c3c(N)ncnc32)[C@H](F)C1. The van der Waals surface area contributed by atoms with Crippen molar-refractivity contribution in [2.75, 3.05) is 25.9 Å². The molecular formula is C23H23FIN6O+. The molecule has 0 radical (unpaired) electrons. The summed E-state index contributed by atoms with van der Waals surface area (Å²) in [5.41, 5.74) is 8.28. The summed E-state index contributed by atoms with van der Waals surface area (Å²) < 4.78 is 23.4. The van der Waals surface area contributed by atoms with E-state index in [1.165, 1.54) is 6.33 Å². The van der Waals surface area contributed by atoms with E-state index in [9.17, 15) is 0 Å². The van der Waals surface area contributed by atoms with Crippen LogP contribution in [0.15, 0.2) is 60.9 Å². The van der Waals surface area contributed by atoms with Gasteiger partial charge in [-0.1, -0.05) is 18.2 Å². The lowest BCUT2D eigenvalue weighted by Gasteiger charge is -2.36. The summed E-state index contributed by atoms with van der Waals surface area (Å²) in [6, 6.07) is 16.8. The molecule has 0 saturated carbocycles. The monoisotopic (exact) mass is 545 g/mol. The molecule has 0 bridgehead atoms. The average molecular weight is 545 g/mol. The van der Waals surface area contributed by atoms with Crippen molar-refractivity contribution in [3.63, 3.8) is 0 Å². The number of nitrogen functional groups attached to an aromatic ring is 1. The van der Waals surface area contributed by atoms with E-state index < -0.39 is 6.17 Å². The molecule has 2 aromatic heterocycles. The molecule has 1 unspecified atom stereocenters. The van der Waals surface area contributed by atoms with Crippen LogP contribution in [0.1, 0.15) is 12.5 Å². The van der Waals surface area contributed by atoms with Crippen molar-refractivity contribution < 1.29 is 11.8 Å². The first-order chi connectivity index (χ1) is 15.4. The first-order valence-corrected chi connectivity index (χ1v) is 11.4. The number of likely N-dealkylation sites (tertiary alicyclic amines) is 1. The quantitative estimate of drug-likeness (QED) is 0.290. The topological polar surface area (TPSA) is 78.9 Å². The minimum absolute atomic E-state index is 0.335. The van der Waals surface area contributed by atoms with E-state index in [0.29, 0.717) is 44.0 Å².